The van der Waals surface area contributed by atoms with Crippen molar-refractivity contribution < 1.29 is 5.11 Å². The van der Waals surface area contributed by atoms with Gasteiger partial charge < -0.3 is 9.67 Å². The molecule has 3 nitrogen and oxygen atoms in total. The molecule has 0 saturated heterocycles. The van der Waals surface area contributed by atoms with E-state index in [1.54, 1.807) is 0 Å². The standard InChI is InChI=1S/C13H17ClN2O/c1-9-15-12-8-10(11(14)4-3-7-17)5-6-13(12)16(9)2/h5-6,8,11,17H,3-4,7H2,1-2H3. The molecule has 0 radical (unpaired) electrons. The zero-order chi connectivity index (χ0) is 12.4. The lowest BCUT2D eigenvalue weighted by Gasteiger charge is -2.08. The summed E-state index contributed by atoms with van der Waals surface area (Å²) in [5, 5.41) is 8.75. The topological polar surface area (TPSA) is 38.1 Å². The number of aliphatic hydroxyl groups excluding tert-OH is 1. The van der Waals surface area contributed by atoms with Crippen LogP contribution in [0.25, 0.3) is 11.0 Å². The van der Waals surface area contributed by atoms with Crippen molar-refractivity contribution in [2.45, 2.75) is 25.1 Å². The Labute approximate surface area is 106 Å². The van der Waals surface area contributed by atoms with E-state index in [4.69, 9.17) is 16.7 Å². The highest BCUT2D eigenvalue weighted by molar-refractivity contribution is 6.20. The van der Waals surface area contributed by atoms with Crippen LogP contribution in [0.1, 0.15) is 29.6 Å². The van der Waals surface area contributed by atoms with Gasteiger partial charge in [-0.05, 0) is 37.5 Å². The molecule has 2 aromatic rings. The van der Waals surface area contributed by atoms with E-state index in [2.05, 4.69) is 15.6 Å². The van der Waals surface area contributed by atoms with Crippen LogP contribution in [0.4, 0.5) is 0 Å². The number of hydrogen-bond donors (Lipinski definition) is 1. The second kappa shape index (κ2) is 5.07. The Hall–Kier alpha value is -1.06. The summed E-state index contributed by atoms with van der Waals surface area (Å²) in [5.74, 6) is 0.999. The molecule has 1 aromatic heterocycles. The molecule has 0 aliphatic carbocycles. The molecule has 0 spiro atoms. The third-order valence-electron chi connectivity index (χ3n) is 3.11. The van der Waals surface area contributed by atoms with Crippen molar-refractivity contribution in [2.75, 3.05) is 6.61 Å². The van der Waals surface area contributed by atoms with Crippen LogP contribution in [0.15, 0.2) is 18.2 Å². The highest BCUT2D eigenvalue weighted by Gasteiger charge is 2.10. The van der Waals surface area contributed by atoms with E-state index in [0.717, 1.165) is 35.3 Å². The molecule has 0 bridgehead atoms. The van der Waals surface area contributed by atoms with Gasteiger partial charge in [0.1, 0.15) is 5.82 Å². The first-order valence-corrected chi connectivity index (χ1v) is 6.25. The summed E-state index contributed by atoms with van der Waals surface area (Å²) in [6.45, 7) is 2.18. The number of fused-ring (bicyclic) bond motifs is 1. The van der Waals surface area contributed by atoms with E-state index in [1.165, 1.54) is 0 Å². The number of nitrogens with zero attached hydrogens (tertiary/aromatic N) is 2. The molecular weight excluding hydrogens is 236 g/mol. The van der Waals surface area contributed by atoms with Gasteiger partial charge in [0.05, 0.1) is 16.4 Å². The van der Waals surface area contributed by atoms with Crippen LogP contribution in [-0.2, 0) is 7.05 Å². The Balaban J connectivity index is 2.31. The number of hydrogen-bond acceptors (Lipinski definition) is 2. The average Bonchev–Trinajstić information content (AvgIpc) is 2.61. The first-order chi connectivity index (χ1) is 8.13. The number of benzene rings is 1. The zero-order valence-corrected chi connectivity index (χ0v) is 10.9. The van der Waals surface area contributed by atoms with Crippen LogP contribution in [0, 0.1) is 6.92 Å². The lowest BCUT2D eigenvalue weighted by Crippen LogP contribution is -1.94. The SMILES string of the molecule is Cc1nc2cc(C(Cl)CCCO)ccc2n1C. The van der Waals surface area contributed by atoms with Crippen molar-refractivity contribution in [1.82, 2.24) is 9.55 Å². The third-order valence-corrected chi connectivity index (χ3v) is 3.58. The smallest absolute Gasteiger partial charge is 0.106 e. The van der Waals surface area contributed by atoms with Crippen molar-refractivity contribution in [3.05, 3.63) is 29.6 Å². The van der Waals surface area contributed by atoms with Crippen LogP contribution in [0.3, 0.4) is 0 Å². The van der Waals surface area contributed by atoms with Crippen molar-refractivity contribution in [3.8, 4) is 0 Å². The molecule has 92 valence electrons. The maximum atomic E-state index is 8.80. The van der Waals surface area contributed by atoms with Gasteiger partial charge in [-0.25, -0.2) is 4.98 Å². The summed E-state index contributed by atoms with van der Waals surface area (Å²) < 4.78 is 2.07. The highest BCUT2D eigenvalue weighted by Crippen LogP contribution is 2.28. The van der Waals surface area contributed by atoms with Gasteiger partial charge in [0, 0.05) is 13.7 Å². The minimum Gasteiger partial charge on any atom is -0.396 e. The van der Waals surface area contributed by atoms with Gasteiger partial charge in [-0.1, -0.05) is 6.07 Å². The Bertz CT molecular complexity index is 521. The fourth-order valence-electron chi connectivity index (χ4n) is 1.97. The molecule has 2 rings (SSSR count). The molecule has 1 unspecified atom stereocenters. The highest BCUT2D eigenvalue weighted by atomic mass is 35.5. The summed E-state index contributed by atoms with van der Waals surface area (Å²) >= 11 is 6.29. The first-order valence-electron chi connectivity index (χ1n) is 5.81. The zero-order valence-electron chi connectivity index (χ0n) is 10.2. The maximum Gasteiger partial charge on any atom is 0.106 e. The van der Waals surface area contributed by atoms with Crippen molar-refractivity contribution in [3.63, 3.8) is 0 Å². The second-order valence-electron chi connectivity index (χ2n) is 4.30. The van der Waals surface area contributed by atoms with Gasteiger partial charge in [0.25, 0.3) is 0 Å². The number of aromatic nitrogens is 2. The normalized spacial score (nSPS) is 13.2. The Morgan fingerprint density at radius 1 is 1.47 bits per heavy atom. The Morgan fingerprint density at radius 2 is 2.24 bits per heavy atom. The van der Waals surface area contributed by atoms with Gasteiger partial charge in [0.2, 0.25) is 0 Å². The second-order valence-corrected chi connectivity index (χ2v) is 4.83. The van der Waals surface area contributed by atoms with Crippen LogP contribution in [0.2, 0.25) is 0 Å². The fourth-order valence-corrected chi connectivity index (χ4v) is 2.26. The molecular formula is C13H17ClN2O. The lowest BCUT2D eigenvalue weighted by atomic mass is 10.1. The van der Waals surface area contributed by atoms with Crippen LogP contribution in [0.5, 0.6) is 0 Å². The fraction of sp³-hybridized carbons (Fsp3) is 0.462. The minimum absolute atomic E-state index is 0.0473. The van der Waals surface area contributed by atoms with Crippen molar-refractivity contribution in [1.29, 1.82) is 0 Å². The van der Waals surface area contributed by atoms with E-state index in [0.29, 0.717) is 0 Å². The van der Waals surface area contributed by atoms with Crippen molar-refractivity contribution >= 4 is 22.6 Å². The number of aryl methyl sites for hydroxylation is 2. The molecule has 0 amide bonds. The van der Waals surface area contributed by atoms with Gasteiger partial charge >= 0.3 is 0 Å². The van der Waals surface area contributed by atoms with E-state index in [-0.39, 0.29) is 12.0 Å². The van der Waals surface area contributed by atoms with E-state index in [1.807, 2.05) is 26.1 Å². The predicted octanol–water partition coefficient (Wildman–Crippen LogP) is 2.93. The van der Waals surface area contributed by atoms with Crippen LogP contribution >= 0.6 is 11.6 Å². The Kier molecular flexibility index (Phi) is 3.69. The minimum atomic E-state index is -0.0473. The van der Waals surface area contributed by atoms with Crippen LogP contribution in [-0.4, -0.2) is 21.3 Å². The van der Waals surface area contributed by atoms with Crippen molar-refractivity contribution in [2.24, 2.45) is 7.05 Å². The first kappa shape index (κ1) is 12.4. The summed E-state index contributed by atoms with van der Waals surface area (Å²) in [6.07, 6.45) is 1.52. The van der Waals surface area contributed by atoms with E-state index >= 15 is 0 Å². The van der Waals surface area contributed by atoms with Gasteiger partial charge in [-0.3, -0.25) is 0 Å². The molecule has 0 aliphatic rings. The molecule has 17 heavy (non-hydrogen) atoms. The van der Waals surface area contributed by atoms with Gasteiger partial charge in [0.15, 0.2) is 0 Å². The Morgan fingerprint density at radius 3 is 2.94 bits per heavy atom. The molecule has 1 aromatic carbocycles. The van der Waals surface area contributed by atoms with Gasteiger partial charge in [-0.15, -0.1) is 11.6 Å². The van der Waals surface area contributed by atoms with Crippen LogP contribution < -0.4 is 0 Å². The third kappa shape index (κ3) is 2.45. The summed E-state index contributed by atoms with van der Waals surface area (Å²) in [5.41, 5.74) is 3.18. The molecule has 0 saturated carbocycles. The summed E-state index contributed by atoms with van der Waals surface area (Å²) in [7, 11) is 2.01. The molecule has 1 heterocycles. The average molecular weight is 253 g/mol. The molecule has 0 fully saturated rings. The quantitative estimate of drug-likeness (QED) is 0.850. The summed E-state index contributed by atoms with van der Waals surface area (Å²) in [6, 6.07) is 6.13. The molecule has 0 aliphatic heterocycles. The van der Waals surface area contributed by atoms with Gasteiger partial charge in [-0.2, -0.15) is 0 Å². The van der Waals surface area contributed by atoms with E-state index < -0.39 is 0 Å². The number of rotatable bonds is 4. The number of alkyl halides is 1. The monoisotopic (exact) mass is 252 g/mol. The molecule has 1 N–H and O–H groups in total. The maximum absolute atomic E-state index is 8.80. The number of halogens is 1. The number of imidazole rings is 1. The summed E-state index contributed by atoms with van der Waals surface area (Å²) in [4.78, 5) is 4.49. The number of aliphatic hydroxyl groups is 1. The molecule has 4 heteroatoms. The van der Waals surface area contributed by atoms with E-state index in [9.17, 15) is 0 Å². The molecule has 1 atom stereocenters. The largest absolute Gasteiger partial charge is 0.396 e. The lowest BCUT2D eigenvalue weighted by molar-refractivity contribution is 0.284. The predicted molar refractivity (Wildman–Crippen MR) is 70.4 cm³/mol.